The van der Waals surface area contributed by atoms with E-state index in [0.717, 1.165) is 50.2 Å². The van der Waals surface area contributed by atoms with Crippen LogP contribution in [-0.4, -0.2) is 43.6 Å². The van der Waals surface area contributed by atoms with E-state index in [-0.39, 0.29) is 23.9 Å². The molecule has 8 heteroatoms. The van der Waals surface area contributed by atoms with Gasteiger partial charge in [0.25, 0.3) is 0 Å². The second kappa shape index (κ2) is 10.3. The molecule has 1 amide bonds. The van der Waals surface area contributed by atoms with Crippen LogP contribution in [0.25, 0.3) is 0 Å². The van der Waals surface area contributed by atoms with Crippen molar-refractivity contribution in [3.63, 3.8) is 0 Å². The van der Waals surface area contributed by atoms with E-state index in [9.17, 15) is 10.1 Å². The average Bonchev–Trinajstić information content (AvgIpc) is 3.19. The van der Waals surface area contributed by atoms with Crippen molar-refractivity contribution in [3.05, 3.63) is 69.5 Å². The Hall–Kier alpha value is -3.08. The number of aromatic nitrogens is 1. The fraction of sp³-hybridized carbons (Fsp3) is 0.444. The average molecular weight is 491 g/mol. The van der Waals surface area contributed by atoms with Gasteiger partial charge < -0.3 is 20.9 Å². The van der Waals surface area contributed by atoms with Crippen LogP contribution in [0, 0.1) is 11.3 Å². The normalized spacial score (nSPS) is 23.1. The second-order valence-electron chi connectivity index (χ2n) is 9.72. The number of hydrogen-bond donors (Lipinski definition) is 3. The third-order valence-electron chi connectivity index (χ3n) is 7.43. The number of carbonyl (C=O) groups excluding carboxylic acids is 1. The molecule has 1 aromatic carbocycles. The molecular formula is C27H31ClN6O. The van der Waals surface area contributed by atoms with Crippen molar-refractivity contribution in [1.29, 1.82) is 5.26 Å². The highest BCUT2D eigenvalue weighted by Gasteiger charge is 2.33. The molecule has 3 N–H and O–H groups in total. The molecule has 3 aliphatic rings. The first-order chi connectivity index (χ1) is 17.1. The quantitative estimate of drug-likeness (QED) is 0.490. The Morgan fingerprint density at radius 1 is 1.29 bits per heavy atom. The number of nitrogens with one attached hydrogen (secondary N) is 3. The molecule has 2 aromatic rings. The summed E-state index contributed by atoms with van der Waals surface area (Å²) in [6.07, 6.45) is 8.73. The number of fused-ring (bicyclic) bond motifs is 1. The van der Waals surface area contributed by atoms with Crippen LogP contribution >= 0.6 is 11.6 Å². The number of pyridine rings is 1. The molecule has 1 aliphatic heterocycles. The van der Waals surface area contributed by atoms with Crippen LogP contribution in [0.1, 0.15) is 59.9 Å². The molecule has 7 nitrogen and oxygen atoms in total. The number of nitrogens with zero attached hydrogens (tertiary/aromatic N) is 3. The van der Waals surface area contributed by atoms with Crippen LogP contribution < -0.4 is 20.9 Å². The van der Waals surface area contributed by atoms with Crippen LogP contribution in [-0.2, 0) is 11.2 Å². The number of aryl methyl sites for hydroxylation is 1. The highest BCUT2D eigenvalue weighted by atomic mass is 35.5. The predicted octanol–water partition coefficient (Wildman–Crippen LogP) is 3.56. The zero-order chi connectivity index (χ0) is 24.4. The van der Waals surface area contributed by atoms with Crippen LogP contribution in [0.15, 0.2) is 42.2 Å². The van der Waals surface area contributed by atoms with Gasteiger partial charge in [0.15, 0.2) is 0 Å². The number of carbonyl (C=O) groups is 1. The van der Waals surface area contributed by atoms with Gasteiger partial charge in [0.05, 0.1) is 17.7 Å². The molecule has 1 atom stereocenters. The van der Waals surface area contributed by atoms with E-state index in [1.807, 2.05) is 25.5 Å². The van der Waals surface area contributed by atoms with E-state index in [2.05, 4.69) is 38.0 Å². The van der Waals surface area contributed by atoms with Gasteiger partial charge in [-0.15, -0.1) is 0 Å². The minimum Gasteiger partial charge on any atom is -0.384 e. The fourth-order valence-electron chi connectivity index (χ4n) is 5.20. The molecule has 35 heavy (non-hydrogen) atoms. The highest BCUT2D eigenvalue weighted by Crippen LogP contribution is 2.39. The zero-order valence-corrected chi connectivity index (χ0v) is 20.7. The molecule has 1 unspecified atom stereocenters. The molecule has 1 aromatic heterocycles. The standard InChI is InChI=1S/C27H31ClN6O/c1-30-14-20(15-31-25-6-4-17-11-26(32-16-24(17)25)34-7-2-8-34)27(35)33-22-9-19(10-22)23-12-21(28)5-3-18(23)13-29/h3,5,11-12,15-16,19,22,25,30-31H,2,4,6-10,14H2,1H3,(H,33,35)/b20-15+. The molecule has 2 aliphatic carbocycles. The summed E-state index contributed by atoms with van der Waals surface area (Å²) in [5.74, 6) is 1.26. The summed E-state index contributed by atoms with van der Waals surface area (Å²) in [5, 5.41) is 19.8. The number of hydrogen-bond acceptors (Lipinski definition) is 6. The van der Waals surface area contributed by atoms with Gasteiger partial charge in [-0.1, -0.05) is 11.6 Å². The largest absolute Gasteiger partial charge is 0.384 e. The van der Waals surface area contributed by atoms with E-state index in [1.165, 1.54) is 17.5 Å². The minimum atomic E-state index is -0.0635. The topological polar surface area (TPSA) is 93.1 Å². The summed E-state index contributed by atoms with van der Waals surface area (Å²) in [7, 11) is 1.84. The van der Waals surface area contributed by atoms with Crippen molar-refractivity contribution < 1.29 is 4.79 Å². The Kier molecular flexibility index (Phi) is 6.94. The van der Waals surface area contributed by atoms with Crippen LogP contribution in [0.2, 0.25) is 5.02 Å². The Labute approximate surface area is 211 Å². The number of rotatable bonds is 8. The molecule has 182 valence electrons. The van der Waals surface area contributed by atoms with Gasteiger partial charge in [0.1, 0.15) is 5.82 Å². The van der Waals surface area contributed by atoms with E-state index >= 15 is 0 Å². The van der Waals surface area contributed by atoms with Crippen molar-refractivity contribution in [2.75, 3.05) is 31.6 Å². The Balaban J connectivity index is 1.18. The Morgan fingerprint density at radius 2 is 2.11 bits per heavy atom. The molecule has 0 radical (unpaired) electrons. The molecule has 2 heterocycles. The molecule has 1 saturated heterocycles. The Morgan fingerprint density at radius 3 is 2.83 bits per heavy atom. The van der Waals surface area contributed by atoms with E-state index in [4.69, 9.17) is 11.6 Å². The summed E-state index contributed by atoms with van der Waals surface area (Å²) in [6.45, 7) is 2.67. The minimum absolute atomic E-state index is 0.0635. The van der Waals surface area contributed by atoms with Gasteiger partial charge in [-0.25, -0.2) is 4.98 Å². The van der Waals surface area contributed by atoms with Crippen molar-refractivity contribution in [1.82, 2.24) is 20.9 Å². The van der Waals surface area contributed by atoms with Gasteiger partial charge >= 0.3 is 0 Å². The number of likely N-dealkylation sites (N-methyl/N-ethyl adjacent to an activating group) is 1. The lowest BCUT2D eigenvalue weighted by Gasteiger charge is -2.36. The van der Waals surface area contributed by atoms with Crippen molar-refractivity contribution in [3.8, 4) is 6.07 Å². The highest BCUT2D eigenvalue weighted by molar-refractivity contribution is 6.30. The van der Waals surface area contributed by atoms with Crippen molar-refractivity contribution >= 4 is 23.3 Å². The summed E-state index contributed by atoms with van der Waals surface area (Å²) < 4.78 is 0. The van der Waals surface area contributed by atoms with E-state index in [0.29, 0.717) is 22.7 Å². The van der Waals surface area contributed by atoms with E-state index < -0.39 is 0 Å². The maximum Gasteiger partial charge on any atom is 0.250 e. The van der Waals surface area contributed by atoms with Gasteiger partial charge in [0, 0.05) is 48.7 Å². The van der Waals surface area contributed by atoms with Crippen LogP contribution in [0.4, 0.5) is 5.82 Å². The third kappa shape index (κ3) is 5.00. The van der Waals surface area contributed by atoms with E-state index in [1.54, 1.807) is 12.1 Å². The van der Waals surface area contributed by atoms with Crippen molar-refractivity contribution in [2.45, 2.75) is 50.1 Å². The number of benzene rings is 1. The molecule has 0 spiro atoms. The van der Waals surface area contributed by atoms with Gasteiger partial charge in [0.2, 0.25) is 5.91 Å². The molecule has 0 bridgehead atoms. The zero-order valence-electron chi connectivity index (χ0n) is 20.0. The van der Waals surface area contributed by atoms with Gasteiger partial charge in [-0.2, -0.15) is 5.26 Å². The van der Waals surface area contributed by atoms with Crippen LogP contribution in [0.3, 0.4) is 0 Å². The summed E-state index contributed by atoms with van der Waals surface area (Å²) in [6, 6.07) is 10.1. The second-order valence-corrected chi connectivity index (χ2v) is 10.2. The smallest absolute Gasteiger partial charge is 0.250 e. The first kappa shape index (κ1) is 23.7. The van der Waals surface area contributed by atoms with Crippen molar-refractivity contribution in [2.24, 2.45) is 0 Å². The summed E-state index contributed by atoms with van der Waals surface area (Å²) in [5.41, 5.74) is 4.89. The number of halogens is 1. The Bertz CT molecular complexity index is 1180. The molecular weight excluding hydrogens is 460 g/mol. The molecule has 2 fully saturated rings. The summed E-state index contributed by atoms with van der Waals surface area (Å²) in [4.78, 5) is 20.0. The number of amides is 1. The van der Waals surface area contributed by atoms with Crippen LogP contribution in [0.5, 0.6) is 0 Å². The maximum atomic E-state index is 13.0. The molecule has 5 rings (SSSR count). The first-order valence-corrected chi connectivity index (χ1v) is 12.8. The lowest BCUT2D eigenvalue weighted by atomic mass is 9.74. The lowest BCUT2D eigenvalue weighted by Crippen LogP contribution is -2.45. The summed E-state index contributed by atoms with van der Waals surface area (Å²) >= 11 is 6.14. The number of anilines is 1. The number of nitriles is 1. The lowest BCUT2D eigenvalue weighted by molar-refractivity contribution is -0.118. The first-order valence-electron chi connectivity index (χ1n) is 12.4. The molecule has 1 saturated carbocycles. The van der Waals surface area contributed by atoms with Gasteiger partial charge in [-0.3, -0.25) is 4.79 Å². The third-order valence-corrected chi connectivity index (χ3v) is 7.67. The van der Waals surface area contributed by atoms with Gasteiger partial charge in [-0.05, 0) is 86.0 Å². The predicted molar refractivity (Wildman–Crippen MR) is 137 cm³/mol. The monoisotopic (exact) mass is 490 g/mol. The fourth-order valence-corrected chi connectivity index (χ4v) is 5.38. The SMILES string of the molecule is CNC/C(=C\NC1CCc2cc(N3CCC3)ncc21)C(=O)NC1CC(c2cc(Cl)ccc2C#N)C1. The maximum absolute atomic E-state index is 13.0.